The van der Waals surface area contributed by atoms with Crippen LogP contribution in [0, 0.1) is 0 Å². The Morgan fingerprint density at radius 1 is 1.55 bits per heavy atom. The van der Waals surface area contributed by atoms with E-state index in [1.54, 1.807) is 31.0 Å². The first kappa shape index (κ1) is 8.62. The zero-order chi connectivity index (χ0) is 8.27. The summed E-state index contributed by atoms with van der Waals surface area (Å²) in [6.45, 7) is 1.32. The number of hydrogen-bond acceptors (Lipinski definition) is 3. The van der Waals surface area contributed by atoms with Gasteiger partial charge in [0.05, 0.1) is 0 Å². The van der Waals surface area contributed by atoms with Gasteiger partial charge in [0.2, 0.25) is 0 Å². The van der Waals surface area contributed by atoms with Crippen molar-refractivity contribution in [1.29, 1.82) is 0 Å². The lowest BCUT2D eigenvalue weighted by molar-refractivity contribution is 0.593. The van der Waals surface area contributed by atoms with Crippen molar-refractivity contribution in [2.75, 3.05) is 6.26 Å². The highest BCUT2D eigenvalue weighted by Gasteiger charge is 2.06. The van der Waals surface area contributed by atoms with Gasteiger partial charge in [-0.25, -0.2) is 0 Å². The van der Waals surface area contributed by atoms with Gasteiger partial charge in [-0.05, 0) is 17.8 Å². The number of thioether (sulfide) groups is 1. The maximum Gasteiger partial charge on any atom is 0.321 e. The van der Waals surface area contributed by atoms with Crippen LogP contribution in [0.3, 0.4) is 0 Å². The molecule has 0 saturated heterocycles. The number of pyridine rings is 1. The van der Waals surface area contributed by atoms with Crippen molar-refractivity contribution in [3.05, 3.63) is 18.5 Å². The normalized spacial score (nSPS) is 9.73. The lowest BCUT2D eigenvalue weighted by atomic mass is 9.65. The number of nitrogens with zero attached hydrogens (tertiary/aromatic N) is 1. The second kappa shape index (κ2) is 3.78. The van der Waals surface area contributed by atoms with Crippen molar-refractivity contribution in [2.45, 2.75) is 11.7 Å². The molecule has 0 amide bonds. The van der Waals surface area contributed by atoms with Gasteiger partial charge in [-0.2, -0.15) is 0 Å². The molecule has 1 N–H and O–H groups in total. The molecule has 0 bridgehead atoms. The van der Waals surface area contributed by atoms with E-state index in [0.29, 0.717) is 0 Å². The predicted molar refractivity (Wildman–Crippen MR) is 49.5 cm³/mol. The molecule has 0 spiro atoms. The van der Waals surface area contributed by atoms with Crippen molar-refractivity contribution in [3.63, 3.8) is 0 Å². The first-order valence-corrected chi connectivity index (χ1v) is 4.63. The van der Waals surface area contributed by atoms with Crippen molar-refractivity contribution in [2.24, 2.45) is 0 Å². The summed E-state index contributed by atoms with van der Waals surface area (Å²) in [5, 5.41) is 9.19. The summed E-state index contributed by atoms with van der Waals surface area (Å²) in [5.74, 6) is 0. The monoisotopic (exact) mass is 167 g/mol. The fourth-order valence-electron chi connectivity index (χ4n) is 0.776. The molecule has 0 unspecified atom stereocenters. The van der Waals surface area contributed by atoms with Crippen molar-refractivity contribution in [1.82, 2.24) is 4.98 Å². The van der Waals surface area contributed by atoms with E-state index < -0.39 is 6.92 Å². The first-order chi connectivity index (χ1) is 5.24. The van der Waals surface area contributed by atoms with E-state index in [2.05, 4.69) is 4.98 Å². The largest absolute Gasteiger partial charge is 0.446 e. The van der Waals surface area contributed by atoms with E-state index in [9.17, 15) is 5.02 Å². The summed E-state index contributed by atoms with van der Waals surface area (Å²) in [4.78, 5) is 5.08. The number of aromatic nitrogens is 1. The minimum Gasteiger partial charge on any atom is -0.446 e. The van der Waals surface area contributed by atoms with E-state index in [1.165, 1.54) is 0 Å². The Hall–Kier alpha value is -0.475. The topological polar surface area (TPSA) is 33.1 Å². The van der Waals surface area contributed by atoms with Gasteiger partial charge >= 0.3 is 6.92 Å². The Morgan fingerprint density at radius 3 is 2.82 bits per heavy atom. The molecule has 1 heterocycles. The smallest absolute Gasteiger partial charge is 0.321 e. The minimum absolute atomic E-state index is 0.422. The molecule has 1 aromatic heterocycles. The number of hydrogen-bond donors (Lipinski definition) is 1. The zero-order valence-corrected chi connectivity index (χ0v) is 7.43. The summed E-state index contributed by atoms with van der Waals surface area (Å²) >= 11 is 1.63. The van der Waals surface area contributed by atoms with Crippen LogP contribution >= 0.6 is 11.8 Å². The van der Waals surface area contributed by atoms with Crippen LogP contribution in [0.4, 0.5) is 0 Å². The quantitative estimate of drug-likeness (QED) is 0.517. The van der Waals surface area contributed by atoms with Gasteiger partial charge in [0, 0.05) is 17.3 Å². The molecule has 0 aliphatic heterocycles. The van der Waals surface area contributed by atoms with Crippen LogP contribution in [0.2, 0.25) is 6.82 Å². The molecule has 4 heteroatoms. The third-order valence-electron chi connectivity index (χ3n) is 1.45. The Labute approximate surface area is 71.2 Å². The average molecular weight is 167 g/mol. The van der Waals surface area contributed by atoms with Gasteiger partial charge in [-0.1, -0.05) is 6.82 Å². The van der Waals surface area contributed by atoms with Crippen LogP contribution in [0.25, 0.3) is 0 Å². The lowest BCUT2D eigenvalue weighted by Crippen LogP contribution is -2.26. The summed E-state index contributed by atoms with van der Waals surface area (Å²) < 4.78 is 0. The van der Waals surface area contributed by atoms with E-state index in [0.717, 1.165) is 10.4 Å². The zero-order valence-electron chi connectivity index (χ0n) is 6.61. The highest BCUT2D eigenvalue weighted by atomic mass is 32.2. The molecule has 11 heavy (non-hydrogen) atoms. The third-order valence-corrected chi connectivity index (χ3v) is 2.15. The first-order valence-electron chi connectivity index (χ1n) is 3.41. The van der Waals surface area contributed by atoms with Crippen molar-refractivity contribution < 1.29 is 5.02 Å². The second-order valence-electron chi connectivity index (χ2n) is 2.33. The second-order valence-corrected chi connectivity index (χ2v) is 3.21. The van der Waals surface area contributed by atoms with Gasteiger partial charge in [-0.15, -0.1) is 11.8 Å². The van der Waals surface area contributed by atoms with Gasteiger partial charge in [0.15, 0.2) is 0 Å². The molecule has 1 aromatic rings. The predicted octanol–water partition coefficient (Wildman–Crippen LogP) is 0.624. The van der Waals surface area contributed by atoms with Crippen molar-refractivity contribution in [3.8, 4) is 0 Å². The Kier molecular flexibility index (Phi) is 2.97. The maximum atomic E-state index is 9.19. The Morgan fingerprint density at radius 2 is 2.27 bits per heavy atom. The molecule has 0 aliphatic carbocycles. The fourth-order valence-corrected chi connectivity index (χ4v) is 1.20. The van der Waals surface area contributed by atoms with E-state index in [1.807, 2.05) is 12.3 Å². The standard InChI is InChI=1S/C7H10BNOS/c1-8(10)6-3-7(11-2)5-9-4-6/h3-5,10H,1-2H3. The third kappa shape index (κ3) is 2.24. The SMILES string of the molecule is CSc1cncc(B(C)O)c1. The molecule has 0 aromatic carbocycles. The molecule has 0 aliphatic rings. The van der Waals surface area contributed by atoms with E-state index in [4.69, 9.17) is 0 Å². The molecule has 2 nitrogen and oxygen atoms in total. The maximum absolute atomic E-state index is 9.19. The minimum atomic E-state index is -0.422. The molecule has 0 radical (unpaired) electrons. The van der Waals surface area contributed by atoms with Crippen LogP contribution in [0.15, 0.2) is 23.4 Å². The molecule has 0 atom stereocenters. The summed E-state index contributed by atoms with van der Waals surface area (Å²) in [6, 6.07) is 1.95. The molecule has 0 saturated carbocycles. The summed E-state index contributed by atoms with van der Waals surface area (Å²) in [7, 11) is 0. The Bertz CT molecular complexity index is 242. The van der Waals surface area contributed by atoms with Crippen LogP contribution < -0.4 is 5.46 Å². The molecule has 0 fully saturated rings. The Balaban J connectivity index is 2.91. The molecular weight excluding hydrogens is 157 g/mol. The van der Waals surface area contributed by atoms with Crippen molar-refractivity contribution >= 4 is 24.1 Å². The lowest BCUT2D eigenvalue weighted by Gasteiger charge is -2.00. The van der Waals surface area contributed by atoms with Crippen LogP contribution in [0.1, 0.15) is 0 Å². The number of rotatable bonds is 2. The molecular formula is C7H10BNOS. The summed E-state index contributed by atoms with van der Waals surface area (Å²) in [6.07, 6.45) is 5.46. The summed E-state index contributed by atoms with van der Waals surface area (Å²) in [5.41, 5.74) is 0.872. The molecule has 58 valence electrons. The van der Waals surface area contributed by atoms with E-state index in [-0.39, 0.29) is 0 Å². The van der Waals surface area contributed by atoms with E-state index >= 15 is 0 Å². The van der Waals surface area contributed by atoms with Crippen LogP contribution in [-0.2, 0) is 0 Å². The fraction of sp³-hybridized carbons (Fsp3) is 0.286. The van der Waals surface area contributed by atoms with Gasteiger partial charge < -0.3 is 5.02 Å². The van der Waals surface area contributed by atoms with Crippen LogP contribution in [-0.4, -0.2) is 23.2 Å². The highest BCUT2D eigenvalue weighted by Crippen LogP contribution is 2.09. The average Bonchev–Trinajstić information content (AvgIpc) is 2.05. The highest BCUT2D eigenvalue weighted by molar-refractivity contribution is 7.98. The molecule has 1 rings (SSSR count). The van der Waals surface area contributed by atoms with Gasteiger partial charge in [0.1, 0.15) is 0 Å². The van der Waals surface area contributed by atoms with Gasteiger partial charge in [0.25, 0.3) is 0 Å². The van der Waals surface area contributed by atoms with Gasteiger partial charge in [-0.3, -0.25) is 4.98 Å². The van der Waals surface area contributed by atoms with Crippen LogP contribution in [0.5, 0.6) is 0 Å².